The predicted octanol–water partition coefficient (Wildman–Crippen LogP) is 1.96. The number of hydrogen-bond acceptors (Lipinski definition) is 5. The third-order valence-corrected chi connectivity index (χ3v) is 3.05. The Morgan fingerprint density at radius 1 is 1.55 bits per heavy atom. The van der Waals surface area contributed by atoms with Gasteiger partial charge in [0.05, 0.1) is 6.54 Å². The number of methoxy groups -OCH3 is 1. The van der Waals surface area contributed by atoms with Gasteiger partial charge in [-0.15, -0.1) is 0 Å². The zero-order chi connectivity index (χ0) is 14.5. The van der Waals surface area contributed by atoms with Gasteiger partial charge in [-0.25, -0.2) is 9.98 Å². The van der Waals surface area contributed by atoms with Gasteiger partial charge in [-0.3, -0.25) is 14.7 Å². The summed E-state index contributed by atoms with van der Waals surface area (Å²) in [6, 6.07) is 0. The number of rotatable bonds is 4. The zero-order valence-electron chi connectivity index (χ0n) is 11.9. The summed E-state index contributed by atoms with van der Waals surface area (Å²) in [4.78, 5) is 26.7. The van der Waals surface area contributed by atoms with Crippen LogP contribution in [0.25, 0.3) is 0 Å². The van der Waals surface area contributed by atoms with E-state index < -0.39 is 0 Å². The monoisotopic (exact) mass is 274 g/mol. The second kappa shape index (κ2) is 6.38. The fourth-order valence-electron chi connectivity index (χ4n) is 2.08. The van der Waals surface area contributed by atoms with E-state index in [9.17, 15) is 4.79 Å². The third-order valence-electron chi connectivity index (χ3n) is 3.05. The first-order valence-electron chi connectivity index (χ1n) is 6.57. The van der Waals surface area contributed by atoms with Crippen LogP contribution in [-0.2, 0) is 4.74 Å². The van der Waals surface area contributed by atoms with Gasteiger partial charge in [0.25, 0.3) is 5.91 Å². The van der Waals surface area contributed by atoms with Crippen LogP contribution in [0.1, 0.15) is 42.6 Å². The molecule has 6 nitrogen and oxygen atoms in total. The number of fused-ring (bicyclic) bond motifs is 1. The average molecular weight is 274 g/mol. The summed E-state index contributed by atoms with van der Waals surface area (Å²) >= 11 is 0. The SMILES string of the molecule is C/C=C(\N=C/CC)N1C[C@@H](OC)c2nccnc2C1=O. The summed E-state index contributed by atoms with van der Waals surface area (Å²) in [7, 11) is 1.60. The van der Waals surface area contributed by atoms with Gasteiger partial charge in [-0.05, 0) is 19.4 Å². The smallest absolute Gasteiger partial charge is 0.280 e. The first-order chi connectivity index (χ1) is 9.72. The Morgan fingerprint density at radius 2 is 2.30 bits per heavy atom. The molecule has 0 N–H and O–H groups in total. The van der Waals surface area contributed by atoms with Gasteiger partial charge < -0.3 is 4.74 Å². The second-order valence-corrected chi connectivity index (χ2v) is 4.30. The van der Waals surface area contributed by atoms with Gasteiger partial charge in [-0.2, -0.15) is 0 Å². The van der Waals surface area contributed by atoms with Crippen LogP contribution >= 0.6 is 0 Å². The van der Waals surface area contributed by atoms with Crippen LogP contribution in [0, 0.1) is 0 Å². The Labute approximate surface area is 118 Å². The van der Waals surface area contributed by atoms with Crippen LogP contribution < -0.4 is 0 Å². The van der Waals surface area contributed by atoms with Crippen LogP contribution in [0.4, 0.5) is 0 Å². The quantitative estimate of drug-likeness (QED) is 0.787. The van der Waals surface area contributed by atoms with Crippen molar-refractivity contribution in [1.82, 2.24) is 14.9 Å². The molecule has 1 aromatic rings. The van der Waals surface area contributed by atoms with Crippen LogP contribution in [0.5, 0.6) is 0 Å². The summed E-state index contributed by atoms with van der Waals surface area (Å²) < 4.78 is 5.42. The highest BCUT2D eigenvalue weighted by Crippen LogP contribution is 2.28. The minimum absolute atomic E-state index is 0.192. The van der Waals surface area contributed by atoms with Crippen LogP contribution in [0.2, 0.25) is 0 Å². The summed E-state index contributed by atoms with van der Waals surface area (Å²) in [5.41, 5.74) is 0.919. The van der Waals surface area contributed by atoms with E-state index in [1.54, 1.807) is 30.5 Å². The lowest BCUT2D eigenvalue weighted by molar-refractivity contribution is 0.0438. The molecule has 6 heteroatoms. The number of ether oxygens (including phenoxy) is 1. The molecule has 0 saturated carbocycles. The molecular formula is C14H18N4O2. The fraction of sp³-hybridized carbons (Fsp3) is 0.429. The first kappa shape index (κ1) is 14.3. The van der Waals surface area contributed by atoms with Gasteiger partial charge in [0.15, 0.2) is 5.69 Å². The average Bonchev–Trinajstić information content (AvgIpc) is 2.50. The van der Waals surface area contributed by atoms with Crippen molar-refractivity contribution in [3.63, 3.8) is 0 Å². The van der Waals surface area contributed by atoms with Crippen LogP contribution in [0.15, 0.2) is 29.3 Å². The van der Waals surface area contributed by atoms with Crippen LogP contribution in [-0.4, -0.2) is 40.6 Å². The van der Waals surface area contributed by atoms with Gasteiger partial charge in [0, 0.05) is 25.7 Å². The molecule has 1 aliphatic rings. The van der Waals surface area contributed by atoms with E-state index >= 15 is 0 Å². The van der Waals surface area contributed by atoms with Crippen molar-refractivity contribution in [3.05, 3.63) is 35.7 Å². The number of carbonyl (C=O) groups is 1. The van der Waals surface area contributed by atoms with E-state index in [1.165, 1.54) is 6.20 Å². The maximum Gasteiger partial charge on any atom is 0.280 e. The first-order valence-corrected chi connectivity index (χ1v) is 6.57. The van der Waals surface area contributed by atoms with Crippen LogP contribution in [0.3, 0.4) is 0 Å². The van der Waals surface area contributed by atoms with E-state index in [0.717, 1.165) is 6.42 Å². The Bertz CT molecular complexity index is 554. The highest BCUT2D eigenvalue weighted by atomic mass is 16.5. The Kier molecular flexibility index (Phi) is 4.57. The Hall–Kier alpha value is -2.08. The highest BCUT2D eigenvalue weighted by molar-refractivity contribution is 5.95. The zero-order valence-corrected chi connectivity index (χ0v) is 11.9. The molecule has 0 spiro atoms. The Balaban J connectivity index is 2.39. The van der Waals surface area contributed by atoms with Gasteiger partial charge in [0.1, 0.15) is 17.6 Å². The lowest BCUT2D eigenvalue weighted by atomic mass is 10.1. The van der Waals surface area contributed by atoms with Crippen molar-refractivity contribution in [3.8, 4) is 0 Å². The third kappa shape index (κ3) is 2.60. The molecule has 0 unspecified atom stereocenters. The molecular weight excluding hydrogens is 256 g/mol. The molecule has 2 heterocycles. The molecule has 1 aromatic heterocycles. The molecule has 0 radical (unpaired) electrons. The summed E-state index contributed by atoms with van der Waals surface area (Å²) in [6.07, 6.45) is 7.18. The predicted molar refractivity (Wildman–Crippen MR) is 75.4 cm³/mol. The number of amides is 1. The summed E-state index contributed by atoms with van der Waals surface area (Å²) in [5.74, 6) is 0.415. The second-order valence-electron chi connectivity index (χ2n) is 4.30. The van der Waals surface area contributed by atoms with Crippen molar-refractivity contribution in [1.29, 1.82) is 0 Å². The van der Waals surface area contributed by atoms with Gasteiger partial charge in [0.2, 0.25) is 0 Å². The Morgan fingerprint density at radius 3 is 2.95 bits per heavy atom. The van der Waals surface area contributed by atoms with E-state index in [1.807, 2.05) is 13.8 Å². The molecule has 1 aliphatic heterocycles. The van der Waals surface area contributed by atoms with Gasteiger partial charge in [-0.1, -0.05) is 6.92 Å². The molecule has 0 aliphatic carbocycles. The molecule has 20 heavy (non-hydrogen) atoms. The molecule has 2 rings (SSSR count). The molecule has 0 saturated heterocycles. The number of carbonyl (C=O) groups excluding carboxylic acids is 1. The highest BCUT2D eigenvalue weighted by Gasteiger charge is 2.35. The van der Waals surface area contributed by atoms with E-state index in [4.69, 9.17) is 4.74 Å². The largest absolute Gasteiger partial charge is 0.373 e. The molecule has 106 valence electrons. The normalized spacial score (nSPS) is 19.6. The molecule has 1 atom stereocenters. The van der Waals surface area contributed by atoms with Crippen molar-refractivity contribution >= 4 is 12.1 Å². The summed E-state index contributed by atoms with van der Waals surface area (Å²) in [5, 5.41) is 0. The van der Waals surface area contributed by atoms with Gasteiger partial charge >= 0.3 is 0 Å². The van der Waals surface area contributed by atoms with Crippen molar-refractivity contribution < 1.29 is 9.53 Å². The number of allylic oxidation sites excluding steroid dienone is 1. The summed E-state index contributed by atoms with van der Waals surface area (Å²) in [6.45, 7) is 4.24. The molecule has 0 aromatic carbocycles. The number of aliphatic imine (C=N–C) groups is 1. The fourth-order valence-corrected chi connectivity index (χ4v) is 2.08. The molecule has 1 amide bonds. The number of aromatic nitrogens is 2. The standard InChI is InChI=1S/C14H18N4O2/c1-4-6-15-11(5-2)18-9-10(20-3)12-13(14(18)19)17-8-7-16-12/h5-8,10H,4,9H2,1-3H3/b11-5+,15-6-/t10-/m1/s1. The number of hydrogen-bond donors (Lipinski definition) is 0. The molecule has 0 bridgehead atoms. The van der Waals surface area contributed by atoms with E-state index in [2.05, 4.69) is 15.0 Å². The van der Waals surface area contributed by atoms with E-state index in [-0.39, 0.29) is 12.0 Å². The minimum atomic E-state index is -0.289. The topological polar surface area (TPSA) is 67.7 Å². The maximum atomic E-state index is 12.5. The lowest BCUT2D eigenvalue weighted by Crippen LogP contribution is -2.40. The van der Waals surface area contributed by atoms with E-state index in [0.29, 0.717) is 23.8 Å². The molecule has 0 fully saturated rings. The van der Waals surface area contributed by atoms with Crippen molar-refractivity contribution in [2.45, 2.75) is 26.4 Å². The maximum absolute atomic E-state index is 12.5. The lowest BCUT2D eigenvalue weighted by Gasteiger charge is -2.31. The number of nitrogens with zero attached hydrogens (tertiary/aromatic N) is 4. The van der Waals surface area contributed by atoms with Crippen molar-refractivity contribution in [2.24, 2.45) is 4.99 Å². The minimum Gasteiger partial charge on any atom is -0.373 e. The van der Waals surface area contributed by atoms with Crippen molar-refractivity contribution in [2.75, 3.05) is 13.7 Å².